The second-order valence-corrected chi connectivity index (χ2v) is 4.79. The standard InChI is InChI=1S/C15H20N2O/c1-16(2)15(18)17(13-9-5-3-6-10-13)14-11-7-4-8-12-14/h3,5-6,9-11H,4,7-8,12H2,1-2H3. The Balaban J connectivity index is 2.34. The molecule has 0 saturated carbocycles. The van der Waals surface area contributed by atoms with Crippen molar-refractivity contribution in [3.63, 3.8) is 0 Å². The molecule has 2 rings (SSSR count). The van der Waals surface area contributed by atoms with Crippen LogP contribution in [-0.2, 0) is 0 Å². The van der Waals surface area contributed by atoms with Crippen molar-refractivity contribution in [1.29, 1.82) is 0 Å². The Labute approximate surface area is 109 Å². The summed E-state index contributed by atoms with van der Waals surface area (Å²) in [5.41, 5.74) is 2.08. The van der Waals surface area contributed by atoms with Gasteiger partial charge in [0, 0.05) is 19.8 Å². The summed E-state index contributed by atoms with van der Waals surface area (Å²) in [5, 5.41) is 0. The summed E-state index contributed by atoms with van der Waals surface area (Å²) in [6.07, 6.45) is 6.63. The highest BCUT2D eigenvalue weighted by molar-refractivity contribution is 5.94. The van der Waals surface area contributed by atoms with Gasteiger partial charge in [-0.15, -0.1) is 0 Å². The van der Waals surface area contributed by atoms with Gasteiger partial charge in [0.25, 0.3) is 0 Å². The van der Waals surface area contributed by atoms with Crippen LogP contribution < -0.4 is 4.90 Å². The molecule has 0 atom stereocenters. The first-order valence-corrected chi connectivity index (χ1v) is 6.45. The Morgan fingerprint density at radius 2 is 1.83 bits per heavy atom. The van der Waals surface area contributed by atoms with Gasteiger partial charge >= 0.3 is 6.03 Å². The van der Waals surface area contributed by atoms with Gasteiger partial charge in [0.15, 0.2) is 0 Å². The Kier molecular flexibility index (Phi) is 4.03. The predicted octanol–water partition coefficient (Wildman–Crippen LogP) is 3.63. The van der Waals surface area contributed by atoms with E-state index >= 15 is 0 Å². The number of hydrogen-bond donors (Lipinski definition) is 0. The van der Waals surface area contributed by atoms with E-state index in [1.807, 2.05) is 35.2 Å². The van der Waals surface area contributed by atoms with Crippen LogP contribution in [-0.4, -0.2) is 25.0 Å². The monoisotopic (exact) mass is 244 g/mol. The van der Waals surface area contributed by atoms with Crippen LogP contribution in [0.2, 0.25) is 0 Å². The zero-order valence-corrected chi connectivity index (χ0v) is 11.1. The first kappa shape index (κ1) is 12.7. The number of anilines is 1. The molecular formula is C15H20N2O. The molecule has 1 aliphatic carbocycles. The minimum Gasteiger partial charge on any atom is -0.330 e. The molecule has 0 spiro atoms. The van der Waals surface area contributed by atoms with Gasteiger partial charge in [0.05, 0.1) is 5.69 Å². The van der Waals surface area contributed by atoms with E-state index in [1.165, 1.54) is 6.42 Å². The smallest absolute Gasteiger partial charge is 0.328 e. The number of carbonyl (C=O) groups is 1. The van der Waals surface area contributed by atoms with Gasteiger partial charge in [-0.25, -0.2) is 4.79 Å². The minimum absolute atomic E-state index is 0.0225. The summed E-state index contributed by atoms with van der Waals surface area (Å²) in [6.45, 7) is 0. The number of hydrogen-bond acceptors (Lipinski definition) is 1. The van der Waals surface area contributed by atoms with Crippen LogP contribution >= 0.6 is 0 Å². The Morgan fingerprint density at radius 3 is 2.39 bits per heavy atom. The maximum atomic E-state index is 12.4. The third-order valence-corrected chi connectivity index (χ3v) is 3.14. The Morgan fingerprint density at radius 1 is 1.11 bits per heavy atom. The molecule has 0 saturated heterocycles. The molecular weight excluding hydrogens is 224 g/mol. The molecule has 2 amide bonds. The first-order chi connectivity index (χ1) is 8.70. The molecule has 0 aromatic heterocycles. The summed E-state index contributed by atoms with van der Waals surface area (Å²) in [6, 6.07) is 9.89. The van der Waals surface area contributed by atoms with Crippen molar-refractivity contribution >= 4 is 11.7 Å². The van der Waals surface area contributed by atoms with Gasteiger partial charge in [0.2, 0.25) is 0 Å². The number of rotatable bonds is 2. The molecule has 0 unspecified atom stereocenters. The van der Waals surface area contributed by atoms with Crippen LogP contribution in [0.1, 0.15) is 25.7 Å². The molecule has 1 aliphatic rings. The second kappa shape index (κ2) is 5.71. The fraction of sp³-hybridized carbons (Fsp3) is 0.400. The van der Waals surface area contributed by atoms with E-state index in [-0.39, 0.29) is 6.03 Å². The fourth-order valence-electron chi connectivity index (χ4n) is 2.20. The molecule has 1 aromatic carbocycles. The van der Waals surface area contributed by atoms with Crippen LogP contribution in [0, 0.1) is 0 Å². The molecule has 1 aromatic rings. The van der Waals surface area contributed by atoms with Crippen molar-refractivity contribution in [2.24, 2.45) is 0 Å². The number of benzene rings is 1. The quantitative estimate of drug-likeness (QED) is 0.779. The summed E-state index contributed by atoms with van der Waals surface area (Å²) in [7, 11) is 3.59. The Bertz CT molecular complexity index is 437. The van der Waals surface area contributed by atoms with Crippen molar-refractivity contribution in [3.05, 3.63) is 42.1 Å². The normalized spacial score (nSPS) is 14.9. The predicted molar refractivity (Wildman–Crippen MR) is 74.6 cm³/mol. The lowest BCUT2D eigenvalue weighted by molar-refractivity contribution is 0.225. The average molecular weight is 244 g/mol. The largest absolute Gasteiger partial charge is 0.330 e. The van der Waals surface area contributed by atoms with Crippen LogP contribution in [0.4, 0.5) is 10.5 Å². The topological polar surface area (TPSA) is 23.6 Å². The van der Waals surface area contributed by atoms with Gasteiger partial charge in [-0.1, -0.05) is 24.3 Å². The third kappa shape index (κ3) is 2.73. The Hall–Kier alpha value is -1.77. The first-order valence-electron chi connectivity index (χ1n) is 6.45. The van der Waals surface area contributed by atoms with Crippen LogP contribution in [0.25, 0.3) is 0 Å². The van der Waals surface area contributed by atoms with Crippen molar-refractivity contribution in [3.8, 4) is 0 Å². The number of urea groups is 1. The van der Waals surface area contributed by atoms with Gasteiger partial charge in [-0.2, -0.15) is 0 Å². The van der Waals surface area contributed by atoms with E-state index in [0.717, 1.165) is 30.6 Å². The van der Waals surface area contributed by atoms with Crippen molar-refractivity contribution in [1.82, 2.24) is 4.90 Å². The summed E-state index contributed by atoms with van der Waals surface area (Å²) >= 11 is 0. The molecule has 18 heavy (non-hydrogen) atoms. The molecule has 96 valence electrons. The maximum absolute atomic E-state index is 12.4. The lowest BCUT2D eigenvalue weighted by atomic mass is 10.0. The number of allylic oxidation sites excluding steroid dienone is 2. The van der Waals surface area contributed by atoms with Crippen molar-refractivity contribution in [2.75, 3.05) is 19.0 Å². The highest BCUT2D eigenvalue weighted by Crippen LogP contribution is 2.27. The van der Waals surface area contributed by atoms with E-state index in [0.29, 0.717) is 0 Å². The van der Waals surface area contributed by atoms with E-state index in [4.69, 9.17) is 0 Å². The van der Waals surface area contributed by atoms with Crippen LogP contribution in [0.3, 0.4) is 0 Å². The van der Waals surface area contributed by atoms with Gasteiger partial charge < -0.3 is 4.90 Å². The SMILES string of the molecule is CN(C)C(=O)N(C1=CCCCC1)c1ccccc1. The summed E-state index contributed by atoms with van der Waals surface area (Å²) in [4.78, 5) is 15.8. The van der Waals surface area contributed by atoms with Crippen LogP contribution in [0.15, 0.2) is 42.1 Å². The van der Waals surface area contributed by atoms with Crippen molar-refractivity contribution < 1.29 is 4.79 Å². The molecule has 0 N–H and O–H groups in total. The molecule has 3 heteroatoms. The fourth-order valence-corrected chi connectivity index (χ4v) is 2.20. The van der Waals surface area contributed by atoms with Crippen molar-refractivity contribution in [2.45, 2.75) is 25.7 Å². The highest BCUT2D eigenvalue weighted by atomic mass is 16.2. The number of nitrogens with zero attached hydrogens (tertiary/aromatic N) is 2. The van der Waals surface area contributed by atoms with E-state index < -0.39 is 0 Å². The van der Waals surface area contributed by atoms with E-state index in [1.54, 1.807) is 19.0 Å². The van der Waals surface area contributed by atoms with Crippen LogP contribution in [0.5, 0.6) is 0 Å². The molecule has 3 nitrogen and oxygen atoms in total. The molecule has 0 fully saturated rings. The molecule has 0 aliphatic heterocycles. The van der Waals surface area contributed by atoms with E-state index in [9.17, 15) is 4.79 Å². The number of para-hydroxylation sites is 1. The highest BCUT2D eigenvalue weighted by Gasteiger charge is 2.22. The minimum atomic E-state index is 0.0225. The maximum Gasteiger partial charge on any atom is 0.328 e. The summed E-state index contributed by atoms with van der Waals surface area (Å²) in [5.74, 6) is 0. The number of amides is 2. The molecule has 0 heterocycles. The zero-order valence-electron chi connectivity index (χ0n) is 11.1. The zero-order chi connectivity index (χ0) is 13.0. The third-order valence-electron chi connectivity index (χ3n) is 3.14. The molecule has 0 bridgehead atoms. The van der Waals surface area contributed by atoms with Gasteiger partial charge in [-0.05, 0) is 37.8 Å². The second-order valence-electron chi connectivity index (χ2n) is 4.79. The molecule has 0 radical (unpaired) electrons. The van der Waals surface area contributed by atoms with Gasteiger partial charge in [-0.3, -0.25) is 4.90 Å². The van der Waals surface area contributed by atoms with E-state index in [2.05, 4.69) is 6.08 Å². The summed E-state index contributed by atoms with van der Waals surface area (Å²) < 4.78 is 0. The average Bonchev–Trinajstić information content (AvgIpc) is 2.41. The lowest BCUT2D eigenvalue weighted by Gasteiger charge is -2.30. The van der Waals surface area contributed by atoms with Gasteiger partial charge in [0.1, 0.15) is 0 Å². The number of carbonyl (C=O) groups excluding carboxylic acids is 1. The lowest BCUT2D eigenvalue weighted by Crippen LogP contribution is -2.39.